The second kappa shape index (κ2) is 6.77. The molecule has 2 saturated carbocycles. The highest BCUT2D eigenvalue weighted by Crippen LogP contribution is 2.37. The first-order chi connectivity index (χ1) is 10.6. The highest BCUT2D eigenvalue weighted by atomic mass is 32.2. The van der Waals surface area contributed by atoms with Gasteiger partial charge < -0.3 is 10.2 Å². The molecule has 0 bridgehead atoms. The SMILES string of the molecule is O=C(NC(C1CCCC1)C1CCCC1)N1CCS(=O)(=O)CC1. The van der Waals surface area contributed by atoms with E-state index in [1.165, 1.54) is 51.4 Å². The molecular formula is C16H28N2O3S. The van der Waals surface area contributed by atoms with Crippen molar-refractivity contribution >= 4 is 15.9 Å². The van der Waals surface area contributed by atoms with E-state index in [0.717, 1.165) is 0 Å². The minimum absolute atomic E-state index is 0.0429. The molecule has 0 aromatic rings. The van der Waals surface area contributed by atoms with Gasteiger partial charge in [-0.1, -0.05) is 25.7 Å². The monoisotopic (exact) mass is 328 g/mol. The Balaban J connectivity index is 1.61. The Morgan fingerprint density at radius 2 is 1.36 bits per heavy atom. The molecule has 0 aromatic heterocycles. The zero-order chi connectivity index (χ0) is 15.6. The van der Waals surface area contributed by atoms with Crippen LogP contribution in [0, 0.1) is 11.8 Å². The minimum Gasteiger partial charge on any atom is -0.335 e. The average Bonchev–Trinajstić information content (AvgIpc) is 3.18. The van der Waals surface area contributed by atoms with Crippen LogP contribution in [0.1, 0.15) is 51.4 Å². The standard InChI is InChI=1S/C16H28N2O3S/c19-16(18-9-11-22(20,21)12-10-18)17-15(13-5-1-2-6-13)14-7-3-4-8-14/h13-15H,1-12H2,(H,17,19). The van der Waals surface area contributed by atoms with Gasteiger partial charge in [0.15, 0.2) is 9.84 Å². The highest BCUT2D eigenvalue weighted by molar-refractivity contribution is 7.91. The van der Waals surface area contributed by atoms with Gasteiger partial charge in [0, 0.05) is 19.1 Å². The fourth-order valence-electron chi connectivity index (χ4n) is 4.40. The molecule has 1 heterocycles. The van der Waals surface area contributed by atoms with E-state index in [0.29, 0.717) is 31.0 Å². The zero-order valence-corrected chi connectivity index (χ0v) is 14.1. The van der Waals surface area contributed by atoms with Gasteiger partial charge in [0.2, 0.25) is 0 Å². The summed E-state index contributed by atoms with van der Waals surface area (Å²) < 4.78 is 23.0. The fourth-order valence-corrected chi connectivity index (χ4v) is 5.60. The van der Waals surface area contributed by atoms with Crippen molar-refractivity contribution in [3.8, 4) is 0 Å². The van der Waals surface area contributed by atoms with Crippen molar-refractivity contribution in [2.24, 2.45) is 11.8 Å². The van der Waals surface area contributed by atoms with Gasteiger partial charge in [0.05, 0.1) is 11.5 Å². The number of hydrogen-bond acceptors (Lipinski definition) is 3. The van der Waals surface area contributed by atoms with Crippen LogP contribution in [0.15, 0.2) is 0 Å². The summed E-state index contributed by atoms with van der Waals surface area (Å²) in [4.78, 5) is 14.2. The van der Waals surface area contributed by atoms with Gasteiger partial charge in [-0.15, -0.1) is 0 Å². The number of hydrogen-bond donors (Lipinski definition) is 1. The van der Waals surface area contributed by atoms with E-state index in [2.05, 4.69) is 5.32 Å². The van der Waals surface area contributed by atoms with E-state index in [1.807, 2.05) is 0 Å². The Bertz CT molecular complexity index is 464. The van der Waals surface area contributed by atoms with Crippen molar-refractivity contribution in [2.75, 3.05) is 24.6 Å². The second-order valence-corrected chi connectivity index (χ2v) is 9.51. The summed E-state index contributed by atoms with van der Waals surface area (Å²) in [7, 11) is -2.93. The van der Waals surface area contributed by atoms with E-state index in [9.17, 15) is 13.2 Å². The van der Waals surface area contributed by atoms with Crippen LogP contribution in [0.4, 0.5) is 4.79 Å². The number of sulfone groups is 1. The molecule has 1 aliphatic heterocycles. The summed E-state index contributed by atoms with van der Waals surface area (Å²) >= 11 is 0. The molecule has 2 amide bonds. The van der Waals surface area contributed by atoms with Crippen molar-refractivity contribution in [3.63, 3.8) is 0 Å². The number of carbonyl (C=O) groups excluding carboxylic acids is 1. The molecule has 6 heteroatoms. The lowest BCUT2D eigenvalue weighted by molar-refractivity contribution is 0.181. The predicted octanol–water partition coefficient (Wildman–Crippen LogP) is 2.18. The van der Waals surface area contributed by atoms with Gasteiger partial charge in [-0.25, -0.2) is 13.2 Å². The maximum Gasteiger partial charge on any atom is 0.317 e. The summed E-state index contributed by atoms with van der Waals surface area (Å²) in [5.41, 5.74) is 0. The molecule has 0 spiro atoms. The van der Waals surface area contributed by atoms with Gasteiger partial charge in [-0.2, -0.15) is 0 Å². The Kier molecular flexibility index (Phi) is 4.95. The number of nitrogens with zero attached hydrogens (tertiary/aromatic N) is 1. The van der Waals surface area contributed by atoms with Gasteiger partial charge >= 0.3 is 6.03 Å². The topological polar surface area (TPSA) is 66.5 Å². The molecule has 0 radical (unpaired) electrons. The first-order valence-electron chi connectivity index (χ1n) is 8.81. The van der Waals surface area contributed by atoms with Crippen LogP contribution < -0.4 is 5.32 Å². The van der Waals surface area contributed by atoms with E-state index in [4.69, 9.17) is 0 Å². The highest BCUT2D eigenvalue weighted by Gasteiger charge is 2.35. The van der Waals surface area contributed by atoms with Crippen LogP contribution in [0.3, 0.4) is 0 Å². The van der Waals surface area contributed by atoms with Crippen LogP contribution in [-0.2, 0) is 9.84 Å². The molecule has 1 saturated heterocycles. The molecule has 126 valence electrons. The third kappa shape index (κ3) is 3.76. The van der Waals surface area contributed by atoms with Gasteiger partial charge in [-0.3, -0.25) is 0 Å². The molecule has 0 aromatic carbocycles. The Labute approximate surface area is 133 Å². The van der Waals surface area contributed by atoms with E-state index < -0.39 is 9.84 Å². The van der Waals surface area contributed by atoms with Crippen molar-refractivity contribution in [2.45, 2.75) is 57.4 Å². The van der Waals surface area contributed by atoms with Crippen LogP contribution in [-0.4, -0.2) is 50.0 Å². The summed E-state index contributed by atoms with van der Waals surface area (Å²) in [6.45, 7) is 0.687. The smallest absolute Gasteiger partial charge is 0.317 e. The normalized spacial score (nSPS) is 26.7. The molecule has 1 N–H and O–H groups in total. The van der Waals surface area contributed by atoms with E-state index in [-0.39, 0.29) is 17.5 Å². The maximum atomic E-state index is 12.6. The van der Waals surface area contributed by atoms with Crippen LogP contribution >= 0.6 is 0 Å². The van der Waals surface area contributed by atoms with Crippen LogP contribution in [0.25, 0.3) is 0 Å². The lowest BCUT2D eigenvalue weighted by atomic mass is 9.86. The maximum absolute atomic E-state index is 12.6. The summed E-state index contributed by atoms with van der Waals surface area (Å²) in [5, 5.41) is 3.29. The summed E-state index contributed by atoms with van der Waals surface area (Å²) in [6.07, 6.45) is 10.1. The van der Waals surface area contributed by atoms with E-state index in [1.54, 1.807) is 4.90 Å². The van der Waals surface area contributed by atoms with Crippen molar-refractivity contribution in [1.82, 2.24) is 10.2 Å². The van der Waals surface area contributed by atoms with Crippen molar-refractivity contribution in [1.29, 1.82) is 0 Å². The zero-order valence-electron chi connectivity index (χ0n) is 13.3. The van der Waals surface area contributed by atoms with Crippen molar-refractivity contribution in [3.05, 3.63) is 0 Å². The lowest BCUT2D eigenvalue weighted by Crippen LogP contribution is -2.53. The van der Waals surface area contributed by atoms with Crippen molar-refractivity contribution < 1.29 is 13.2 Å². The third-order valence-electron chi connectivity index (χ3n) is 5.74. The average molecular weight is 328 g/mol. The second-order valence-electron chi connectivity index (χ2n) is 7.20. The molecule has 0 unspecified atom stereocenters. The number of urea groups is 1. The lowest BCUT2D eigenvalue weighted by Gasteiger charge is -2.34. The third-order valence-corrected chi connectivity index (χ3v) is 7.35. The number of amides is 2. The Morgan fingerprint density at radius 1 is 0.909 bits per heavy atom. The van der Waals surface area contributed by atoms with Crippen LogP contribution in [0.2, 0.25) is 0 Å². The Morgan fingerprint density at radius 3 is 1.82 bits per heavy atom. The quantitative estimate of drug-likeness (QED) is 0.863. The molecule has 2 aliphatic carbocycles. The largest absolute Gasteiger partial charge is 0.335 e. The first-order valence-corrected chi connectivity index (χ1v) is 10.6. The fraction of sp³-hybridized carbons (Fsp3) is 0.938. The Hall–Kier alpha value is -0.780. The number of rotatable bonds is 3. The molecule has 0 atom stereocenters. The molecule has 3 fully saturated rings. The molecule has 3 aliphatic rings. The molecule has 5 nitrogen and oxygen atoms in total. The summed E-state index contributed by atoms with van der Waals surface area (Å²) in [6, 6.07) is 0.259. The van der Waals surface area contributed by atoms with Gasteiger partial charge in [-0.05, 0) is 37.5 Å². The van der Waals surface area contributed by atoms with Crippen LogP contribution in [0.5, 0.6) is 0 Å². The molecular weight excluding hydrogens is 300 g/mol. The van der Waals surface area contributed by atoms with Gasteiger partial charge in [0.25, 0.3) is 0 Å². The molecule has 22 heavy (non-hydrogen) atoms. The number of nitrogens with one attached hydrogen (secondary N) is 1. The van der Waals surface area contributed by atoms with E-state index >= 15 is 0 Å². The number of carbonyl (C=O) groups is 1. The summed E-state index contributed by atoms with van der Waals surface area (Å²) in [5.74, 6) is 1.47. The molecule has 3 rings (SSSR count). The minimum atomic E-state index is -2.93. The first kappa shape index (κ1) is 16.1. The van der Waals surface area contributed by atoms with Gasteiger partial charge in [0.1, 0.15) is 0 Å². The predicted molar refractivity (Wildman–Crippen MR) is 86.5 cm³/mol.